The molecule has 0 saturated carbocycles. The van der Waals surface area contributed by atoms with Gasteiger partial charge in [-0.2, -0.15) is 8.42 Å². The second-order valence-corrected chi connectivity index (χ2v) is 20.1. The molecule has 0 atom stereocenters. The maximum absolute atomic E-state index is 12.3. The minimum absolute atomic E-state index is 0.0313. The SMILES string of the molecule is Cc1ccc(S(=O)(=O)OCCOCCOCCOCCOc2ccc(C(c3ccc(C(C)(C)C)cc3)(c3ccc(C(C)(C)C)cc3)c3ccc(C(C)(C)C)cc3)cc2)cc1. The van der Waals surface area contributed by atoms with Crippen molar-refractivity contribution < 1.29 is 31.5 Å². The molecule has 0 unspecified atom stereocenters. The molecule has 0 heterocycles. The molecule has 7 nitrogen and oxygen atoms in total. The van der Waals surface area contributed by atoms with Gasteiger partial charge in [0.1, 0.15) is 12.4 Å². The Morgan fingerprint density at radius 1 is 0.383 bits per heavy atom. The van der Waals surface area contributed by atoms with E-state index in [0.29, 0.717) is 39.6 Å². The van der Waals surface area contributed by atoms with Crippen LogP contribution in [0.1, 0.15) is 107 Å². The van der Waals surface area contributed by atoms with E-state index in [0.717, 1.165) is 16.9 Å². The van der Waals surface area contributed by atoms with Crippen LogP contribution in [0.15, 0.2) is 126 Å². The topological polar surface area (TPSA) is 80.3 Å². The van der Waals surface area contributed by atoms with E-state index in [1.165, 1.54) is 45.5 Å². The first-order valence-corrected chi connectivity index (χ1v) is 22.5. The van der Waals surface area contributed by atoms with E-state index in [4.69, 9.17) is 23.1 Å². The van der Waals surface area contributed by atoms with E-state index in [-0.39, 0.29) is 34.4 Å². The fraction of sp³-hybridized carbons (Fsp3) is 0.423. The molecule has 0 aromatic heterocycles. The van der Waals surface area contributed by atoms with Crippen molar-refractivity contribution >= 4 is 10.1 Å². The van der Waals surface area contributed by atoms with Crippen molar-refractivity contribution in [1.29, 1.82) is 0 Å². The first-order chi connectivity index (χ1) is 28.3. The zero-order valence-corrected chi connectivity index (χ0v) is 38.3. The molecule has 0 amide bonds. The third-order valence-electron chi connectivity index (χ3n) is 10.9. The second kappa shape index (κ2) is 20.0. The molecule has 0 spiro atoms. The Morgan fingerprint density at radius 3 is 1.03 bits per heavy atom. The Labute approximate surface area is 360 Å². The maximum Gasteiger partial charge on any atom is 0.297 e. The Morgan fingerprint density at radius 2 is 0.683 bits per heavy atom. The lowest BCUT2D eigenvalue weighted by Gasteiger charge is -2.38. The summed E-state index contributed by atoms with van der Waals surface area (Å²) in [5.41, 5.74) is 9.14. The summed E-state index contributed by atoms with van der Waals surface area (Å²) in [6.45, 7) is 24.6. The summed E-state index contributed by atoms with van der Waals surface area (Å²) in [5.74, 6) is 0.773. The zero-order chi connectivity index (χ0) is 43.6. The highest BCUT2D eigenvalue weighted by Gasteiger charge is 2.39. The van der Waals surface area contributed by atoms with E-state index in [1.807, 2.05) is 6.92 Å². The van der Waals surface area contributed by atoms with Gasteiger partial charge >= 0.3 is 0 Å². The molecule has 0 aliphatic carbocycles. The van der Waals surface area contributed by atoms with Crippen LogP contribution in [0.2, 0.25) is 0 Å². The van der Waals surface area contributed by atoms with Crippen LogP contribution in [-0.4, -0.2) is 61.3 Å². The minimum atomic E-state index is -3.80. The van der Waals surface area contributed by atoms with Crippen LogP contribution in [-0.2, 0) is 50.2 Å². The second-order valence-electron chi connectivity index (χ2n) is 18.5. The predicted octanol–water partition coefficient (Wildman–Crippen LogP) is 11.1. The third kappa shape index (κ3) is 12.2. The van der Waals surface area contributed by atoms with Crippen molar-refractivity contribution in [3.63, 3.8) is 0 Å². The third-order valence-corrected chi connectivity index (χ3v) is 12.2. The molecule has 0 radical (unpaired) electrons. The number of aryl methyl sites for hydroxylation is 1. The maximum atomic E-state index is 12.3. The standard InChI is InChI=1S/C52H66O7S/c1-39-11-29-48(30-12-39)60(53,54)59-38-36-57-34-32-55-31-33-56-35-37-58-47-27-25-46(26-28-47)52(43-19-13-40(14-20-43)49(2,3)4,44-21-15-41(16-22-44)50(5,6)7)45-23-17-42(18-24-45)51(8,9)10/h11-30H,31-38H2,1-10H3. The fourth-order valence-corrected chi connectivity index (χ4v) is 8.09. The molecule has 0 aliphatic rings. The number of rotatable bonds is 19. The summed E-state index contributed by atoms with van der Waals surface area (Å²) < 4.78 is 52.6. The van der Waals surface area contributed by atoms with Gasteiger partial charge in [-0.3, -0.25) is 4.18 Å². The van der Waals surface area contributed by atoms with Gasteiger partial charge < -0.3 is 18.9 Å². The first-order valence-electron chi connectivity index (χ1n) is 21.1. The Hall–Kier alpha value is -4.31. The molecule has 0 aliphatic heterocycles. The van der Waals surface area contributed by atoms with Crippen LogP contribution in [0.5, 0.6) is 5.75 Å². The van der Waals surface area contributed by atoms with Crippen LogP contribution >= 0.6 is 0 Å². The van der Waals surface area contributed by atoms with Crippen molar-refractivity contribution in [3.8, 4) is 5.75 Å². The lowest BCUT2D eigenvalue weighted by atomic mass is 9.64. The van der Waals surface area contributed by atoms with Gasteiger partial charge in [0.05, 0.1) is 56.6 Å². The average Bonchev–Trinajstić information content (AvgIpc) is 3.20. The van der Waals surface area contributed by atoms with E-state index in [1.54, 1.807) is 12.1 Å². The highest BCUT2D eigenvalue weighted by atomic mass is 32.2. The number of hydrogen-bond acceptors (Lipinski definition) is 7. The van der Waals surface area contributed by atoms with Crippen molar-refractivity contribution in [2.24, 2.45) is 0 Å². The first kappa shape index (κ1) is 46.8. The van der Waals surface area contributed by atoms with Crippen LogP contribution in [0, 0.1) is 6.92 Å². The van der Waals surface area contributed by atoms with Gasteiger partial charge in [-0.15, -0.1) is 0 Å². The smallest absolute Gasteiger partial charge is 0.297 e. The highest BCUT2D eigenvalue weighted by molar-refractivity contribution is 7.86. The van der Waals surface area contributed by atoms with Crippen molar-refractivity contribution in [3.05, 3.63) is 166 Å². The monoisotopic (exact) mass is 834 g/mol. The molecule has 0 bridgehead atoms. The highest BCUT2D eigenvalue weighted by Crippen LogP contribution is 2.47. The van der Waals surface area contributed by atoms with Gasteiger partial charge in [0.15, 0.2) is 0 Å². The van der Waals surface area contributed by atoms with Gasteiger partial charge in [0, 0.05) is 0 Å². The van der Waals surface area contributed by atoms with Crippen molar-refractivity contribution in [2.75, 3.05) is 52.9 Å². The van der Waals surface area contributed by atoms with E-state index in [9.17, 15) is 8.42 Å². The van der Waals surface area contributed by atoms with Crippen LogP contribution < -0.4 is 4.74 Å². The zero-order valence-electron chi connectivity index (χ0n) is 37.5. The summed E-state index contributed by atoms with van der Waals surface area (Å²) in [7, 11) is -3.80. The molecule has 8 heteroatoms. The van der Waals surface area contributed by atoms with Crippen LogP contribution in [0.25, 0.3) is 0 Å². The molecule has 5 aromatic carbocycles. The lowest BCUT2D eigenvalue weighted by Crippen LogP contribution is -2.31. The lowest BCUT2D eigenvalue weighted by molar-refractivity contribution is 0.00528. The summed E-state index contributed by atoms with van der Waals surface area (Å²) in [6.07, 6.45) is 0. The van der Waals surface area contributed by atoms with Crippen molar-refractivity contribution in [2.45, 2.75) is 95.8 Å². The largest absolute Gasteiger partial charge is 0.491 e. The van der Waals surface area contributed by atoms with Gasteiger partial charge in [-0.05, 0) is 86.4 Å². The molecule has 0 fully saturated rings. The Balaban J connectivity index is 1.21. The minimum Gasteiger partial charge on any atom is -0.491 e. The molecule has 0 N–H and O–H groups in total. The predicted molar refractivity (Wildman–Crippen MR) is 243 cm³/mol. The van der Waals surface area contributed by atoms with Gasteiger partial charge in [-0.25, -0.2) is 0 Å². The fourth-order valence-electron chi connectivity index (χ4n) is 7.20. The summed E-state index contributed by atoms with van der Waals surface area (Å²) in [5, 5.41) is 0. The number of hydrogen-bond donors (Lipinski definition) is 0. The molecular formula is C52H66O7S. The molecule has 5 aromatic rings. The summed E-state index contributed by atoms with van der Waals surface area (Å²) in [6, 6.07) is 42.7. The van der Waals surface area contributed by atoms with Crippen LogP contribution in [0.3, 0.4) is 0 Å². The summed E-state index contributed by atoms with van der Waals surface area (Å²) >= 11 is 0. The van der Waals surface area contributed by atoms with E-state index >= 15 is 0 Å². The van der Waals surface area contributed by atoms with Gasteiger partial charge in [-0.1, -0.05) is 165 Å². The Bertz CT molecular complexity index is 2030. The van der Waals surface area contributed by atoms with Crippen LogP contribution in [0.4, 0.5) is 0 Å². The van der Waals surface area contributed by atoms with E-state index < -0.39 is 15.5 Å². The van der Waals surface area contributed by atoms with Gasteiger partial charge in [0.25, 0.3) is 10.1 Å². The average molecular weight is 835 g/mol. The van der Waals surface area contributed by atoms with E-state index in [2.05, 4.69) is 159 Å². The number of ether oxygens (including phenoxy) is 4. The molecule has 0 saturated heterocycles. The quantitative estimate of drug-likeness (QED) is 0.0466. The number of benzene rings is 5. The van der Waals surface area contributed by atoms with Crippen molar-refractivity contribution in [1.82, 2.24) is 0 Å². The molecule has 5 rings (SSSR count). The van der Waals surface area contributed by atoms with Gasteiger partial charge in [0.2, 0.25) is 0 Å². The summed E-state index contributed by atoms with van der Waals surface area (Å²) in [4.78, 5) is 0.131. The normalized spacial score (nSPS) is 12.8. The Kier molecular flexibility index (Phi) is 15.6. The molecular weight excluding hydrogens is 769 g/mol. The molecule has 60 heavy (non-hydrogen) atoms. The molecule has 322 valence electrons.